The van der Waals surface area contributed by atoms with E-state index in [4.69, 9.17) is 0 Å². The van der Waals surface area contributed by atoms with Gasteiger partial charge in [-0.25, -0.2) is 4.39 Å². The number of carbonyl (C=O) groups is 1. The van der Waals surface area contributed by atoms with E-state index in [1.165, 1.54) is 26.2 Å². The van der Waals surface area contributed by atoms with Gasteiger partial charge in [-0.3, -0.25) is 4.79 Å². The second kappa shape index (κ2) is 9.13. The van der Waals surface area contributed by atoms with Crippen molar-refractivity contribution in [1.82, 2.24) is 0 Å². The molecule has 0 spiro atoms. The molecule has 0 amide bonds. The Labute approximate surface area is 99.7 Å². The predicted octanol–water partition coefficient (Wildman–Crippen LogP) is 3.97. The van der Waals surface area contributed by atoms with Crippen LogP contribution in [0.3, 0.4) is 0 Å². The van der Waals surface area contributed by atoms with Gasteiger partial charge >= 0.3 is 5.97 Å². The molecular weight excluding hydrogens is 263 g/mol. The summed E-state index contributed by atoms with van der Waals surface area (Å²) in [4.78, 5) is 10.1. The van der Waals surface area contributed by atoms with E-state index in [1.54, 1.807) is 0 Å². The van der Waals surface area contributed by atoms with Crippen LogP contribution in [0.25, 0.3) is 0 Å². The van der Waals surface area contributed by atoms with Crippen LogP contribution in [0.15, 0.2) is 0 Å². The molecule has 0 heterocycles. The van der Waals surface area contributed by atoms with Gasteiger partial charge in [0.15, 0.2) is 0 Å². The Hall–Kier alpha value is -0.120. The van der Waals surface area contributed by atoms with Crippen LogP contribution in [-0.4, -0.2) is 17.2 Å². The van der Waals surface area contributed by atoms with Crippen molar-refractivity contribution < 1.29 is 13.9 Å². The van der Waals surface area contributed by atoms with Gasteiger partial charge in [-0.05, 0) is 6.42 Å². The SMILES string of the molecule is CCCCCCCC(Br)C(F)OC(C)=O. The van der Waals surface area contributed by atoms with Crippen LogP contribution in [0, 0.1) is 0 Å². The van der Waals surface area contributed by atoms with E-state index in [2.05, 4.69) is 27.6 Å². The van der Waals surface area contributed by atoms with E-state index in [9.17, 15) is 9.18 Å². The maximum Gasteiger partial charge on any atom is 0.305 e. The van der Waals surface area contributed by atoms with Crippen molar-refractivity contribution in [2.24, 2.45) is 0 Å². The van der Waals surface area contributed by atoms with Crippen LogP contribution in [0.5, 0.6) is 0 Å². The molecule has 0 aliphatic heterocycles. The highest BCUT2D eigenvalue weighted by molar-refractivity contribution is 9.09. The van der Waals surface area contributed by atoms with Gasteiger partial charge in [0.1, 0.15) is 0 Å². The van der Waals surface area contributed by atoms with Crippen molar-refractivity contribution in [1.29, 1.82) is 0 Å². The number of halogens is 2. The molecule has 0 radical (unpaired) electrons. The minimum absolute atomic E-state index is 0.372. The van der Waals surface area contributed by atoms with Crippen molar-refractivity contribution in [3.8, 4) is 0 Å². The van der Waals surface area contributed by atoms with E-state index >= 15 is 0 Å². The smallest absolute Gasteiger partial charge is 0.305 e. The molecule has 0 saturated heterocycles. The van der Waals surface area contributed by atoms with E-state index in [1.807, 2.05) is 0 Å². The lowest BCUT2D eigenvalue weighted by molar-refractivity contribution is -0.154. The molecule has 2 nitrogen and oxygen atoms in total. The number of ether oxygens (including phenoxy) is 1. The summed E-state index contributed by atoms with van der Waals surface area (Å²) in [6.07, 6.45) is 4.90. The number of rotatable bonds is 8. The lowest BCUT2D eigenvalue weighted by Crippen LogP contribution is -2.21. The van der Waals surface area contributed by atoms with Crippen LogP contribution in [0.1, 0.15) is 52.4 Å². The van der Waals surface area contributed by atoms with E-state index in [-0.39, 0.29) is 4.83 Å². The minimum atomic E-state index is -1.52. The second-order valence-corrected chi connectivity index (χ2v) is 4.86. The first-order valence-electron chi connectivity index (χ1n) is 5.53. The molecular formula is C11H20BrFO2. The Balaban J connectivity index is 3.46. The first-order valence-corrected chi connectivity index (χ1v) is 6.44. The Bertz CT molecular complexity index is 176. The van der Waals surface area contributed by atoms with Crippen LogP contribution in [0.4, 0.5) is 4.39 Å². The summed E-state index contributed by atoms with van der Waals surface area (Å²) in [6, 6.07) is 0. The molecule has 0 N–H and O–H groups in total. The van der Waals surface area contributed by atoms with Gasteiger partial charge in [0, 0.05) is 6.92 Å². The van der Waals surface area contributed by atoms with Crippen LogP contribution in [0.2, 0.25) is 0 Å². The zero-order chi connectivity index (χ0) is 11.7. The number of unbranched alkanes of at least 4 members (excludes halogenated alkanes) is 4. The molecule has 0 aromatic rings. The fraction of sp³-hybridized carbons (Fsp3) is 0.909. The zero-order valence-corrected chi connectivity index (χ0v) is 11.1. The summed E-state index contributed by atoms with van der Waals surface area (Å²) in [7, 11) is 0. The molecule has 0 aromatic carbocycles. The highest BCUT2D eigenvalue weighted by Crippen LogP contribution is 2.19. The summed E-state index contributed by atoms with van der Waals surface area (Å²) in [6.45, 7) is 3.37. The average Bonchev–Trinajstić information content (AvgIpc) is 2.16. The Morgan fingerprint density at radius 2 is 1.93 bits per heavy atom. The third-order valence-electron chi connectivity index (χ3n) is 2.15. The average molecular weight is 283 g/mol. The topological polar surface area (TPSA) is 26.3 Å². The highest BCUT2D eigenvalue weighted by atomic mass is 79.9. The largest absolute Gasteiger partial charge is 0.430 e. The Kier molecular flexibility index (Phi) is 9.06. The number of alkyl halides is 2. The molecule has 2 unspecified atom stereocenters. The van der Waals surface area contributed by atoms with Crippen molar-refractivity contribution in [3.63, 3.8) is 0 Å². The van der Waals surface area contributed by atoms with Gasteiger partial charge in [0.2, 0.25) is 0 Å². The van der Waals surface area contributed by atoms with Gasteiger partial charge in [-0.1, -0.05) is 55.0 Å². The first kappa shape index (κ1) is 14.9. The number of hydrogen-bond acceptors (Lipinski definition) is 2. The van der Waals surface area contributed by atoms with Gasteiger partial charge < -0.3 is 4.74 Å². The predicted molar refractivity (Wildman–Crippen MR) is 62.8 cm³/mol. The first-order chi connectivity index (χ1) is 7.07. The van der Waals surface area contributed by atoms with Gasteiger partial charge in [0.25, 0.3) is 6.36 Å². The standard InChI is InChI=1S/C11H20BrFO2/c1-3-4-5-6-7-8-10(12)11(13)15-9(2)14/h10-11H,3-8H2,1-2H3. The molecule has 0 saturated carbocycles. The zero-order valence-electron chi connectivity index (χ0n) is 9.47. The lowest BCUT2D eigenvalue weighted by Gasteiger charge is -2.14. The minimum Gasteiger partial charge on any atom is -0.430 e. The fourth-order valence-corrected chi connectivity index (χ4v) is 1.74. The maximum absolute atomic E-state index is 13.1. The molecule has 2 atom stereocenters. The molecule has 0 fully saturated rings. The van der Waals surface area contributed by atoms with Crippen molar-refractivity contribution in [3.05, 3.63) is 0 Å². The normalized spacial score (nSPS) is 14.7. The quantitative estimate of drug-likeness (QED) is 0.383. The molecule has 15 heavy (non-hydrogen) atoms. The molecule has 90 valence electrons. The molecule has 0 rings (SSSR count). The van der Waals surface area contributed by atoms with Gasteiger partial charge in [0.05, 0.1) is 4.83 Å². The van der Waals surface area contributed by atoms with Crippen molar-refractivity contribution in [2.75, 3.05) is 0 Å². The summed E-state index contributed by atoms with van der Waals surface area (Å²) in [5, 5.41) is 0. The third kappa shape index (κ3) is 8.85. The van der Waals surface area contributed by atoms with E-state index in [0.717, 1.165) is 12.8 Å². The van der Waals surface area contributed by atoms with Crippen LogP contribution < -0.4 is 0 Å². The van der Waals surface area contributed by atoms with Crippen LogP contribution in [-0.2, 0) is 9.53 Å². The molecule has 0 aliphatic rings. The summed E-state index contributed by atoms with van der Waals surface area (Å²) < 4.78 is 17.6. The molecule has 0 aromatic heterocycles. The molecule has 0 bridgehead atoms. The highest BCUT2D eigenvalue weighted by Gasteiger charge is 2.19. The Morgan fingerprint density at radius 3 is 2.47 bits per heavy atom. The number of hydrogen-bond donors (Lipinski definition) is 0. The maximum atomic E-state index is 13.1. The van der Waals surface area contributed by atoms with Crippen LogP contribution >= 0.6 is 15.9 Å². The molecule has 0 aliphatic carbocycles. The van der Waals surface area contributed by atoms with Gasteiger partial charge in [-0.15, -0.1) is 0 Å². The third-order valence-corrected chi connectivity index (χ3v) is 3.02. The van der Waals surface area contributed by atoms with E-state index in [0.29, 0.717) is 6.42 Å². The summed E-state index contributed by atoms with van der Waals surface area (Å²) in [5.41, 5.74) is 0. The Morgan fingerprint density at radius 1 is 1.33 bits per heavy atom. The molecule has 4 heteroatoms. The van der Waals surface area contributed by atoms with Crippen molar-refractivity contribution in [2.45, 2.75) is 63.6 Å². The lowest BCUT2D eigenvalue weighted by atomic mass is 10.1. The number of esters is 1. The monoisotopic (exact) mass is 282 g/mol. The summed E-state index contributed by atoms with van der Waals surface area (Å²) >= 11 is 3.19. The fourth-order valence-electron chi connectivity index (χ4n) is 1.31. The van der Waals surface area contributed by atoms with E-state index < -0.39 is 12.3 Å². The summed E-state index contributed by atoms with van der Waals surface area (Å²) in [5.74, 6) is -0.571. The van der Waals surface area contributed by atoms with Gasteiger partial charge in [-0.2, -0.15) is 0 Å². The van der Waals surface area contributed by atoms with Crippen molar-refractivity contribution >= 4 is 21.9 Å². The number of carbonyl (C=O) groups excluding carboxylic acids is 1. The second-order valence-electron chi connectivity index (χ2n) is 3.68.